The van der Waals surface area contributed by atoms with Gasteiger partial charge in [-0.2, -0.15) is 10.5 Å². The quantitative estimate of drug-likeness (QED) is 0.311. The molecule has 0 amide bonds. The van der Waals surface area contributed by atoms with Gasteiger partial charge >= 0.3 is 0 Å². The summed E-state index contributed by atoms with van der Waals surface area (Å²) in [6.07, 6.45) is 8.01. The zero-order chi connectivity index (χ0) is 20.7. The van der Waals surface area contributed by atoms with Crippen LogP contribution in [0.2, 0.25) is 0 Å². The fourth-order valence-electron chi connectivity index (χ4n) is 6.67. The van der Waals surface area contributed by atoms with Gasteiger partial charge in [-0.15, -0.1) is 0 Å². The minimum atomic E-state index is 0.315. The van der Waals surface area contributed by atoms with Crippen LogP contribution in [0, 0.1) is 28.6 Å². The molecule has 2 bridgehead atoms. The van der Waals surface area contributed by atoms with Crippen LogP contribution < -0.4 is 0 Å². The fraction of sp³-hybridized carbons (Fsp3) is 0.286. The van der Waals surface area contributed by atoms with Crippen LogP contribution in [-0.4, -0.2) is 4.40 Å². The minimum absolute atomic E-state index is 0.315. The summed E-state index contributed by atoms with van der Waals surface area (Å²) in [5, 5.41) is 24.0. The van der Waals surface area contributed by atoms with E-state index < -0.39 is 0 Å². The Kier molecular flexibility index (Phi) is 3.20. The van der Waals surface area contributed by atoms with Crippen molar-refractivity contribution >= 4 is 38.1 Å². The van der Waals surface area contributed by atoms with Crippen LogP contribution in [0.3, 0.4) is 0 Å². The number of aromatic nitrogens is 1. The average Bonchev–Trinajstić information content (AvgIpc) is 3.35. The van der Waals surface area contributed by atoms with Gasteiger partial charge in [-0.3, -0.25) is 0 Å². The fourth-order valence-corrected chi connectivity index (χ4v) is 6.67. The zero-order valence-corrected chi connectivity index (χ0v) is 17.3. The van der Waals surface area contributed by atoms with E-state index in [0.29, 0.717) is 16.5 Å². The molecule has 3 aliphatic carbocycles. The molecule has 0 spiro atoms. The molecule has 3 heteroatoms. The Labute approximate surface area is 180 Å². The normalized spacial score (nSPS) is 23.1. The van der Waals surface area contributed by atoms with Gasteiger partial charge < -0.3 is 4.40 Å². The van der Waals surface area contributed by atoms with Gasteiger partial charge in [0.25, 0.3) is 0 Å². The monoisotopic (exact) mass is 399 g/mol. The predicted molar refractivity (Wildman–Crippen MR) is 123 cm³/mol. The van der Waals surface area contributed by atoms with Crippen LogP contribution in [0.25, 0.3) is 38.1 Å². The second-order valence-corrected chi connectivity index (χ2v) is 9.71. The van der Waals surface area contributed by atoms with Crippen LogP contribution in [0.1, 0.15) is 55.2 Å². The Hall–Kier alpha value is -3.56. The Morgan fingerprint density at radius 1 is 0.710 bits per heavy atom. The van der Waals surface area contributed by atoms with Gasteiger partial charge in [-0.05, 0) is 91.8 Å². The van der Waals surface area contributed by atoms with Crippen molar-refractivity contribution in [2.24, 2.45) is 5.92 Å². The molecule has 3 saturated carbocycles. The van der Waals surface area contributed by atoms with E-state index in [-0.39, 0.29) is 0 Å². The molecule has 0 saturated heterocycles. The third kappa shape index (κ3) is 2.11. The molecule has 0 N–H and O–H groups in total. The second kappa shape index (κ2) is 5.77. The van der Waals surface area contributed by atoms with E-state index in [9.17, 15) is 10.5 Å². The lowest BCUT2D eigenvalue weighted by molar-refractivity contribution is 0.136. The number of hydrogen-bond acceptors (Lipinski definition) is 2. The van der Waals surface area contributed by atoms with E-state index in [1.165, 1.54) is 71.1 Å². The molecular formula is C28H21N3. The Morgan fingerprint density at radius 2 is 1.23 bits per heavy atom. The number of rotatable bonds is 1. The molecule has 2 aromatic heterocycles. The molecular weight excluding hydrogens is 378 g/mol. The van der Waals surface area contributed by atoms with Crippen molar-refractivity contribution in [2.45, 2.75) is 43.9 Å². The van der Waals surface area contributed by atoms with E-state index in [1.54, 1.807) is 0 Å². The van der Waals surface area contributed by atoms with E-state index in [0.717, 1.165) is 17.0 Å². The molecule has 3 aromatic carbocycles. The number of nitriles is 2. The maximum absolute atomic E-state index is 9.51. The van der Waals surface area contributed by atoms with Crippen molar-refractivity contribution in [1.82, 2.24) is 4.40 Å². The summed E-state index contributed by atoms with van der Waals surface area (Å²) in [4.78, 5) is 0. The molecule has 5 aromatic rings. The first-order chi connectivity index (χ1) is 15.2. The maximum Gasteiger partial charge on any atom is 0.0992 e. The highest BCUT2D eigenvalue weighted by molar-refractivity contribution is 6.23. The van der Waals surface area contributed by atoms with Crippen LogP contribution in [0.15, 0.2) is 48.5 Å². The van der Waals surface area contributed by atoms with Gasteiger partial charge in [0.1, 0.15) is 0 Å². The number of hydrogen-bond donors (Lipinski definition) is 0. The third-order valence-corrected chi connectivity index (χ3v) is 8.36. The molecule has 31 heavy (non-hydrogen) atoms. The zero-order valence-electron chi connectivity index (χ0n) is 17.3. The first-order valence-electron chi connectivity index (χ1n) is 11.3. The molecule has 0 radical (unpaired) electrons. The van der Waals surface area contributed by atoms with Crippen molar-refractivity contribution < 1.29 is 0 Å². The van der Waals surface area contributed by atoms with E-state index in [4.69, 9.17) is 0 Å². The van der Waals surface area contributed by atoms with Gasteiger partial charge in [0.05, 0.1) is 39.8 Å². The number of nitrogens with zero attached hydrogens (tertiary/aromatic N) is 3. The Balaban J connectivity index is 1.66. The summed E-state index contributed by atoms with van der Waals surface area (Å²) in [5.74, 6) is 0.942. The lowest BCUT2D eigenvalue weighted by atomic mass is 9.58. The van der Waals surface area contributed by atoms with Gasteiger partial charge in [-0.1, -0.05) is 12.1 Å². The highest BCUT2D eigenvalue weighted by atomic mass is 14.9. The van der Waals surface area contributed by atoms with Crippen molar-refractivity contribution in [2.75, 3.05) is 0 Å². The molecule has 3 aliphatic rings. The van der Waals surface area contributed by atoms with E-state index in [2.05, 4.69) is 40.8 Å². The molecule has 2 heterocycles. The lowest BCUT2D eigenvalue weighted by Crippen LogP contribution is -2.37. The highest BCUT2D eigenvalue weighted by Crippen LogP contribution is 2.53. The summed E-state index contributed by atoms with van der Waals surface area (Å²) < 4.78 is 2.27. The molecule has 0 atom stereocenters. The highest BCUT2D eigenvalue weighted by Gasteiger charge is 2.42. The van der Waals surface area contributed by atoms with E-state index in [1.807, 2.05) is 24.3 Å². The average molecular weight is 399 g/mol. The topological polar surface area (TPSA) is 52.0 Å². The van der Waals surface area contributed by atoms with Crippen LogP contribution in [-0.2, 0) is 5.41 Å². The third-order valence-electron chi connectivity index (χ3n) is 8.36. The first-order valence-corrected chi connectivity index (χ1v) is 11.3. The van der Waals surface area contributed by atoms with Gasteiger partial charge in [0.15, 0.2) is 0 Å². The molecule has 0 unspecified atom stereocenters. The minimum Gasteiger partial charge on any atom is -0.308 e. The van der Waals surface area contributed by atoms with Gasteiger partial charge in [0.2, 0.25) is 0 Å². The van der Waals surface area contributed by atoms with Crippen LogP contribution in [0.5, 0.6) is 0 Å². The van der Waals surface area contributed by atoms with Crippen molar-refractivity contribution in [3.63, 3.8) is 0 Å². The molecule has 0 aliphatic heterocycles. The van der Waals surface area contributed by atoms with Gasteiger partial charge in [0, 0.05) is 21.5 Å². The van der Waals surface area contributed by atoms with Crippen molar-refractivity contribution in [1.29, 1.82) is 10.5 Å². The molecule has 148 valence electrons. The standard InChI is InChI=1S/C28H21N3/c29-15-18-1-3-21-23-13-20(28-8-5-17(6-9-28)7-10-28)14-24-22-4-2-19(16-30)12-26(22)31(27(23)24)25(21)11-18/h1-4,11-14,17H,5-10H2. The predicted octanol–water partition coefficient (Wildman–Crippen LogP) is 6.80. The summed E-state index contributed by atoms with van der Waals surface area (Å²) in [7, 11) is 0. The summed E-state index contributed by atoms with van der Waals surface area (Å²) >= 11 is 0. The number of fused-ring (bicyclic) bond motifs is 9. The number of benzene rings is 3. The SMILES string of the molecule is N#Cc1ccc2c3cc(C45CCC(CC4)CC5)cc4c5ccc(C#N)cc5n(c2c1)c34. The van der Waals surface area contributed by atoms with Crippen molar-refractivity contribution in [3.05, 3.63) is 65.2 Å². The van der Waals surface area contributed by atoms with Gasteiger partial charge in [-0.25, -0.2) is 0 Å². The van der Waals surface area contributed by atoms with Crippen LogP contribution in [0.4, 0.5) is 0 Å². The Morgan fingerprint density at radius 3 is 1.71 bits per heavy atom. The maximum atomic E-state index is 9.51. The Bertz CT molecular complexity index is 1500. The largest absolute Gasteiger partial charge is 0.308 e. The van der Waals surface area contributed by atoms with Crippen LogP contribution >= 0.6 is 0 Å². The molecule has 3 nitrogen and oxygen atoms in total. The van der Waals surface area contributed by atoms with E-state index >= 15 is 0 Å². The first kappa shape index (κ1) is 17.2. The van der Waals surface area contributed by atoms with Crippen molar-refractivity contribution in [3.8, 4) is 12.1 Å². The molecule has 8 rings (SSSR count). The molecule has 3 fully saturated rings. The lowest BCUT2D eigenvalue weighted by Gasteiger charge is -2.47. The smallest absolute Gasteiger partial charge is 0.0992 e. The second-order valence-electron chi connectivity index (χ2n) is 9.71. The summed E-state index contributed by atoms with van der Waals surface area (Å²) in [6.45, 7) is 0. The summed E-state index contributed by atoms with van der Waals surface area (Å²) in [5.41, 5.74) is 6.49. The summed E-state index contributed by atoms with van der Waals surface area (Å²) in [6, 6.07) is 21.6.